The van der Waals surface area contributed by atoms with Gasteiger partial charge < -0.3 is 48.2 Å². The highest BCUT2D eigenvalue weighted by Gasteiger charge is 2.50. The van der Waals surface area contributed by atoms with Crippen molar-refractivity contribution in [2.24, 2.45) is 10.9 Å². The van der Waals surface area contributed by atoms with Gasteiger partial charge in [0.25, 0.3) is 11.6 Å². The fourth-order valence-corrected chi connectivity index (χ4v) is 5.13. The monoisotopic (exact) mass is 634 g/mol. The van der Waals surface area contributed by atoms with Crippen LogP contribution in [0.4, 0.5) is 0 Å². The van der Waals surface area contributed by atoms with Gasteiger partial charge in [0.05, 0.1) is 51.3 Å². The highest BCUT2D eigenvalue weighted by molar-refractivity contribution is 7.95. The fourth-order valence-electron chi connectivity index (χ4n) is 4.45. The van der Waals surface area contributed by atoms with Crippen molar-refractivity contribution in [3.05, 3.63) is 35.9 Å². The van der Waals surface area contributed by atoms with Gasteiger partial charge in [0, 0.05) is 18.9 Å². The van der Waals surface area contributed by atoms with Crippen LogP contribution in [0.1, 0.15) is 38.2 Å². The molecule has 200 valence electrons. The van der Waals surface area contributed by atoms with Crippen molar-refractivity contribution in [3.8, 4) is 0 Å². The lowest BCUT2D eigenvalue weighted by molar-refractivity contribution is -0.199. The number of halogens is 1. The maximum atomic E-state index is 13.7. The molecule has 0 unspecified atom stereocenters. The third-order valence-corrected chi connectivity index (χ3v) is 7.34. The zero-order chi connectivity index (χ0) is 25.3. The lowest BCUT2D eigenvalue weighted by Crippen LogP contribution is -3.00. The topological polar surface area (TPSA) is 113 Å². The van der Waals surface area contributed by atoms with Gasteiger partial charge >= 0.3 is 5.97 Å². The third-order valence-electron chi connectivity index (χ3n) is 6.32. The standard InChI is InChI=1S/C25H34N2O7S.HI/c1-4-31-22(29)20-16-24(32-13-14-33-24)11-10-21(20)27-23(30)25(26-18-28,12-15-35(2)3)34-17-19-8-6-5-7-9-19;/h5-9,20-21H,4,10-17H2,1-3H3;1H/t20-,21+,25+;/m1./s1. The number of nitrogens with zero attached hydrogens (tertiary/aromatic N) is 1. The smallest absolute Gasteiger partial charge is 0.311 e. The number of ether oxygens (including phenoxy) is 4. The van der Waals surface area contributed by atoms with E-state index in [2.05, 4.69) is 10.3 Å². The van der Waals surface area contributed by atoms with Gasteiger partial charge in [-0.05, 0) is 29.8 Å². The second kappa shape index (κ2) is 14.4. The molecule has 0 bridgehead atoms. The number of amides is 1. The normalized spacial score (nSPS) is 22.2. The number of carbonyl (C=O) groups is 2. The molecule has 1 spiro atoms. The van der Waals surface area contributed by atoms with Crippen LogP contribution in [0, 0.1) is 5.92 Å². The first-order valence-corrected chi connectivity index (χ1v) is 14.1. The summed E-state index contributed by atoms with van der Waals surface area (Å²) >= 11 is 0. The molecular formula is C25H35IN2O7S. The average Bonchev–Trinajstić information content (AvgIpc) is 3.30. The highest BCUT2D eigenvalue weighted by Crippen LogP contribution is 2.40. The number of rotatable bonds is 11. The molecule has 1 aliphatic carbocycles. The van der Waals surface area contributed by atoms with Crippen LogP contribution in [0.5, 0.6) is 0 Å². The molecule has 1 aliphatic heterocycles. The van der Waals surface area contributed by atoms with Crippen molar-refractivity contribution < 1.29 is 57.3 Å². The van der Waals surface area contributed by atoms with Crippen LogP contribution in [0.25, 0.3) is 0 Å². The molecule has 3 rings (SSSR count). The number of benzene rings is 1. The highest BCUT2D eigenvalue weighted by atomic mass is 127. The predicted molar refractivity (Wildman–Crippen MR) is 131 cm³/mol. The van der Waals surface area contributed by atoms with Crippen LogP contribution >= 0.6 is 0 Å². The van der Waals surface area contributed by atoms with E-state index in [0.717, 1.165) is 5.56 Å². The number of nitrogens with one attached hydrogen (secondary N) is 1. The van der Waals surface area contributed by atoms with E-state index in [1.54, 1.807) is 13.0 Å². The Bertz CT molecular complexity index is 907. The van der Waals surface area contributed by atoms with Crippen molar-refractivity contribution in [3.63, 3.8) is 0 Å². The summed E-state index contributed by atoms with van der Waals surface area (Å²) in [5.41, 5.74) is -0.902. The van der Waals surface area contributed by atoms with E-state index in [9.17, 15) is 14.4 Å². The van der Waals surface area contributed by atoms with E-state index >= 15 is 0 Å². The quantitative estimate of drug-likeness (QED) is 0.110. The van der Waals surface area contributed by atoms with Crippen molar-refractivity contribution in [2.45, 2.75) is 56.8 Å². The Labute approximate surface area is 232 Å². The molecular weight excluding hydrogens is 599 g/mol. The molecule has 2 aliphatic rings. The first kappa shape index (κ1) is 30.7. The van der Waals surface area contributed by atoms with Gasteiger partial charge in [0.2, 0.25) is 6.08 Å². The van der Waals surface area contributed by atoms with E-state index in [1.807, 2.05) is 42.8 Å². The van der Waals surface area contributed by atoms with Crippen LogP contribution in [0.3, 0.4) is 0 Å². The second-order valence-electron chi connectivity index (χ2n) is 8.99. The summed E-state index contributed by atoms with van der Waals surface area (Å²) in [7, 11) is -0.0169. The van der Waals surface area contributed by atoms with Crippen LogP contribution in [-0.4, -0.2) is 73.6 Å². The largest absolute Gasteiger partial charge is 1.00 e. The lowest BCUT2D eigenvalue weighted by Gasteiger charge is -2.41. The molecule has 1 aromatic rings. The Kier molecular flexibility index (Phi) is 12.3. The predicted octanol–water partition coefficient (Wildman–Crippen LogP) is -0.902. The lowest BCUT2D eigenvalue weighted by atomic mass is 9.80. The zero-order valence-corrected chi connectivity index (χ0v) is 24.0. The molecule has 3 atom stereocenters. The zero-order valence-electron chi connectivity index (χ0n) is 21.0. The Balaban J connectivity index is 0.00000456. The van der Waals surface area contributed by atoms with E-state index in [1.165, 1.54) is 0 Å². The summed E-state index contributed by atoms with van der Waals surface area (Å²) in [5.74, 6) is -1.85. The fraction of sp³-hybridized carbons (Fsp3) is 0.640. The first-order valence-electron chi connectivity index (χ1n) is 11.9. The Morgan fingerprint density at radius 2 is 1.94 bits per heavy atom. The molecule has 9 nitrogen and oxygen atoms in total. The van der Waals surface area contributed by atoms with E-state index in [0.29, 0.717) is 31.8 Å². The number of aliphatic imine (C=N–C) groups is 1. The number of hydrogen-bond donors (Lipinski definition) is 1. The number of carbonyl (C=O) groups excluding carboxylic acids is 3. The Morgan fingerprint density at radius 1 is 1.25 bits per heavy atom. The van der Waals surface area contributed by atoms with Gasteiger partial charge in [0.15, 0.2) is 5.79 Å². The maximum Gasteiger partial charge on any atom is 0.311 e. The van der Waals surface area contributed by atoms with Gasteiger partial charge in [-0.3, -0.25) is 9.59 Å². The molecule has 1 saturated heterocycles. The molecule has 1 amide bonds. The SMILES string of the molecule is CCOC(=O)[C@@H]1CC2(CC[C@@H]1NC(=O)[C@@](CC[S+](C)C)(N=C=O)OCc1ccccc1)OCCO2.[I-]. The van der Waals surface area contributed by atoms with Gasteiger partial charge in [-0.25, -0.2) is 4.79 Å². The third kappa shape index (κ3) is 8.00. The summed E-state index contributed by atoms with van der Waals surface area (Å²) < 4.78 is 23.0. The van der Waals surface area contributed by atoms with Gasteiger partial charge in [0.1, 0.15) is 5.75 Å². The number of esters is 1. The van der Waals surface area contributed by atoms with Crippen LogP contribution in [0.2, 0.25) is 0 Å². The first-order chi connectivity index (χ1) is 16.8. The summed E-state index contributed by atoms with van der Waals surface area (Å²) in [5, 5.41) is 2.95. The van der Waals surface area contributed by atoms with Gasteiger partial charge in [-0.15, -0.1) is 0 Å². The van der Waals surface area contributed by atoms with Crippen molar-refractivity contribution >= 4 is 28.9 Å². The average molecular weight is 635 g/mol. The second-order valence-corrected chi connectivity index (χ2v) is 11.4. The molecule has 1 N–H and O–H groups in total. The van der Waals surface area contributed by atoms with E-state index < -0.39 is 35.3 Å². The summed E-state index contributed by atoms with van der Waals surface area (Å²) in [6.07, 6.45) is 7.09. The van der Waals surface area contributed by atoms with Crippen molar-refractivity contribution in [1.82, 2.24) is 5.32 Å². The number of isocyanates is 1. The number of hydrogen-bond acceptors (Lipinski definition) is 8. The minimum atomic E-state index is -1.75. The molecule has 1 aromatic carbocycles. The molecule has 0 aromatic heterocycles. The summed E-state index contributed by atoms with van der Waals surface area (Å²) in [6, 6.07) is 8.83. The van der Waals surface area contributed by atoms with Gasteiger partial charge in [-0.1, -0.05) is 30.3 Å². The minimum absolute atomic E-state index is 0. The van der Waals surface area contributed by atoms with Crippen LogP contribution in [0.15, 0.2) is 35.3 Å². The Hall–Kier alpha value is -1.50. The van der Waals surface area contributed by atoms with Crippen molar-refractivity contribution in [2.75, 3.05) is 38.1 Å². The Morgan fingerprint density at radius 3 is 2.56 bits per heavy atom. The van der Waals surface area contributed by atoms with Crippen molar-refractivity contribution in [1.29, 1.82) is 0 Å². The molecule has 1 heterocycles. The van der Waals surface area contributed by atoms with E-state index in [-0.39, 0.29) is 60.9 Å². The van der Waals surface area contributed by atoms with Crippen LogP contribution in [-0.2, 0) is 50.8 Å². The maximum absolute atomic E-state index is 13.7. The summed E-state index contributed by atoms with van der Waals surface area (Å²) in [6.45, 7) is 2.98. The molecule has 11 heteroatoms. The van der Waals surface area contributed by atoms with E-state index in [4.69, 9.17) is 18.9 Å². The molecule has 36 heavy (non-hydrogen) atoms. The van der Waals surface area contributed by atoms with Crippen LogP contribution < -0.4 is 29.3 Å². The minimum Gasteiger partial charge on any atom is -1.00 e. The molecule has 0 radical (unpaired) electrons. The molecule has 1 saturated carbocycles. The molecule has 2 fully saturated rings. The van der Waals surface area contributed by atoms with Gasteiger partial charge in [-0.2, -0.15) is 4.99 Å². The summed E-state index contributed by atoms with van der Waals surface area (Å²) in [4.78, 5) is 41.8.